The van der Waals surface area contributed by atoms with Crippen LogP contribution in [0.15, 0.2) is 18.5 Å². The molecule has 1 fully saturated rings. The lowest BCUT2D eigenvalue weighted by Crippen LogP contribution is -2.46. The van der Waals surface area contributed by atoms with E-state index in [9.17, 15) is 9.59 Å². The van der Waals surface area contributed by atoms with E-state index in [1.54, 1.807) is 12.4 Å². The van der Waals surface area contributed by atoms with Gasteiger partial charge in [0.05, 0.1) is 24.0 Å². The fourth-order valence-electron chi connectivity index (χ4n) is 3.02. The Bertz CT molecular complexity index is 769. The Balaban J connectivity index is 1.72. The van der Waals surface area contributed by atoms with E-state index >= 15 is 0 Å². The lowest BCUT2D eigenvalue weighted by atomic mass is 9.97. The summed E-state index contributed by atoms with van der Waals surface area (Å²) in [7, 11) is 0. The maximum atomic E-state index is 12.4. The number of anilines is 1. The highest BCUT2D eigenvalue weighted by atomic mass is 16.2. The zero-order valence-corrected chi connectivity index (χ0v) is 13.9. The first kappa shape index (κ1) is 16.2. The molecule has 1 aliphatic rings. The van der Waals surface area contributed by atoms with E-state index in [-0.39, 0.29) is 17.9 Å². The minimum atomic E-state index is -0.475. The third-order valence-electron chi connectivity index (χ3n) is 4.29. The number of carbonyl (C=O) groups excluding carboxylic acids is 2. The molecule has 3 N–H and O–H groups in total. The van der Waals surface area contributed by atoms with Gasteiger partial charge in [-0.25, -0.2) is 14.5 Å². The van der Waals surface area contributed by atoms with E-state index in [1.165, 1.54) is 4.90 Å². The van der Waals surface area contributed by atoms with Crippen LogP contribution in [0.3, 0.4) is 0 Å². The van der Waals surface area contributed by atoms with Crippen molar-refractivity contribution in [1.29, 1.82) is 0 Å². The predicted molar refractivity (Wildman–Crippen MR) is 90.4 cm³/mol. The predicted octanol–water partition coefficient (Wildman–Crippen LogP) is 1.74. The lowest BCUT2D eigenvalue weighted by molar-refractivity contribution is -0.121. The number of nitrogens with one attached hydrogen (secondary N) is 1. The van der Waals surface area contributed by atoms with Gasteiger partial charge in [-0.15, -0.1) is 0 Å². The van der Waals surface area contributed by atoms with Crippen LogP contribution in [0.1, 0.15) is 32.7 Å². The van der Waals surface area contributed by atoms with Crippen molar-refractivity contribution in [1.82, 2.24) is 19.7 Å². The molecular formula is C16H22N6O2. The molecule has 8 heteroatoms. The van der Waals surface area contributed by atoms with Gasteiger partial charge in [0.15, 0.2) is 5.65 Å². The van der Waals surface area contributed by atoms with Crippen molar-refractivity contribution < 1.29 is 9.59 Å². The molecule has 0 aliphatic carbocycles. The number of primary amides is 1. The normalized spacial score (nSPS) is 18.1. The van der Waals surface area contributed by atoms with E-state index in [0.717, 1.165) is 23.9 Å². The molecule has 0 spiro atoms. The van der Waals surface area contributed by atoms with Crippen LogP contribution < -0.4 is 11.1 Å². The number of hydrogen-bond donors (Lipinski definition) is 2. The minimum absolute atomic E-state index is 0.113. The van der Waals surface area contributed by atoms with Gasteiger partial charge in [-0.1, -0.05) is 0 Å². The molecule has 0 aromatic carbocycles. The van der Waals surface area contributed by atoms with Crippen molar-refractivity contribution in [3.05, 3.63) is 18.5 Å². The van der Waals surface area contributed by atoms with Crippen LogP contribution in [0.4, 0.5) is 10.5 Å². The summed E-state index contributed by atoms with van der Waals surface area (Å²) in [6, 6.07) is 1.61. The molecule has 24 heavy (non-hydrogen) atoms. The van der Waals surface area contributed by atoms with Gasteiger partial charge in [0.25, 0.3) is 0 Å². The largest absolute Gasteiger partial charge is 0.351 e. The number of likely N-dealkylation sites (tertiary alicyclic amines) is 1. The van der Waals surface area contributed by atoms with Crippen LogP contribution in [0.2, 0.25) is 0 Å². The fraction of sp³-hybridized carbons (Fsp3) is 0.500. The smallest absolute Gasteiger partial charge is 0.314 e. The standard InChI is InChI=1S/C16H22N6O2/c1-10(2)22-14-12(7-19-22)6-13(8-18-14)20-15(23)11-4-3-5-21(9-11)16(17)24/h6-8,10-11H,3-5,9H2,1-2H3,(H2,17,24)(H,20,23)/t11-/m0/s1. The third-order valence-corrected chi connectivity index (χ3v) is 4.29. The third kappa shape index (κ3) is 3.17. The lowest BCUT2D eigenvalue weighted by Gasteiger charge is -2.30. The molecule has 0 radical (unpaired) electrons. The highest BCUT2D eigenvalue weighted by Gasteiger charge is 2.27. The topological polar surface area (TPSA) is 106 Å². The van der Waals surface area contributed by atoms with Crippen LogP contribution in [0.25, 0.3) is 11.0 Å². The molecule has 1 aliphatic heterocycles. The molecule has 8 nitrogen and oxygen atoms in total. The number of nitrogens with two attached hydrogens (primary N) is 1. The van der Waals surface area contributed by atoms with E-state index in [0.29, 0.717) is 18.8 Å². The summed E-state index contributed by atoms with van der Waals surface area (Å²) in [6.07, 6.45) is 4.90. The van der Waals surface area contributed by atoms with Crippen LogP contribution in [0.5, 0.6) is 0 Å². The molecule has 1 saturated heterocycles. The summed E-state index contributed by atoms with van der Waals surface area (Å²) in [5, 5.41) is 8.08. The summed E-state index contributed by atoms with van der Waals surface area (Å²) >= 11 is 0. The number of pyridine rings is 1. The number of amides is 3. The van der Waals surface area contributed by atoms with Crippen LogP contribution in [-0.2, 0) is 4.79 Å². The molecule has 3 rings (SSSR count). The van der Waals surface area contributed by atoms with Gasteiger partial charge < -0.3 is 16.0 Å². The average Bonchev–Trinajstić information content (AvgIpc) is 2.98. The summed E-state index contributed by atoms with van der Waals surface area (Å²) in [6.45, 7) is 5.05. The zero-order valence-electron chi connectivity index (χ0n) is 13.9. The molecule has 1 atom stereocenters. The second kappa shape index (κ2) is 6.46. The van der Waals surface area contributed by atoms with E-state index < -0.39 is 6.03 Å². The van der Waals surface area contributed by atoms with E-state index in [4.69, 9.17) is 5.73 Å². The van der Waals surface area contributed by atoms with Gasteiger partial charge in [0, 0.05) is 24.5 Å². The molecule has 3 heterocycles. The number of urea groups is 1. The number of nitrogens with zero attached hydrogens (tertiary/aromatic N) is 4. The Morgan fingerprint density at radius 2 is 2.17 bits per heavy atom. The Morgan fingerprint density at radius 3 is 2.88 bits per heavy atom. The van der Waals surface area contributed by atoms with Crippen molar-refractivity contribution in [2.75, 3.05) is 18.4 Å². The minimum Gasteiger partial charge on any atom is -0.351 e. The molecule has 0 unspecified atom stereocenters. The first-order valence-electron chi connectivity index (χ1n) is 8.14. The van der Waals surface area contributed by atoms with Crippen LogP contribution in [-0.4, -0.2) is 44.7 Å². The van der Waals surface area contributed by atoms with E-state index in [1.807, 2.05) is 24.6 Å². The van der Waals surface area contributed by atoms with E-state index in [2.05, 4.69) is 15.4 Å². The molecule has 128 valence electrons. The average molecular weight is 330 g/mol. The number of aromatic nitrogens is 3. The molecule has 3 amide bonds. The summed E-state index contributed by atoms with van der Waals surface area (Å²) in [5.41, 5.74) is 6.73. The number of carbonyl (C=O) groups is 2. The molecule has 0 bridgehead atoms. The highest BCUT2D eigenvalue weighted by molar-refractivity contribution is 5.94. The second-order valence-electron chi connectivity index (χ2n) is 6.43. The quantitative estimate of drug-likeness (QED) is 0.894. The maximum Gasteiger partial charge on any atom is 0.314 e. The molecule has 2 aromatic rings. The number of hydrogen-bond acceptors (Lipinski definition) is 4. The highest BCUT2D eigenvalue weighted by Crippen LogP contribution is 2.21. The van der Waals surface area contributed by atoms with Crippen molar-refractivity contribution in [2.45, 2.75) is 32.7 Å². The zero-order chi connectivity index (χ0) is 17.3. The number of piperidine rings is 1. The van der Waals surface area contributed by atoms with Gasteiger partial charge in [-0.3, -0.25) is 4.79 Å². The number of fused-ring (bicyclic) bond motifs is 1. The Hall–Kier alpha value is -2.64. The van der Waals surface area contributed by atoms with Crippen molar-refractivity contribution >= 4 is 28.7 Å². The summed E-state index contributed by atoms with van der Waals surface area (Å²) < 4.78 is 1.84. The summed E-state index contributed by atoms with van der Waals surface area (Å²) in [4.78, 5) is 29.6. The monoisotopic (exact) mass is 330 g/mol. The van der Waals surface area contributed by atoms with Gasteiger partial charge in [-0.2, -0.15) is 5.10 Å². The Morgan fingerprint density at radius 1 is 1.38 bits per heavy atom. The number of rotatable bonds is 3. The maximum absolute atomic E-state index is 12.4. The first-order valence-corrected chi connectivity index (χ1v) is 8.14. The van der Waals surface area contributed by atoms with Crippen LogP contribution >= 0.6 is 0 Å². The SMILES string of the molecule is CC(C)n1ncc2cc(NC(=O)[C@H]3CCCN(C(N)=O)C3)cnc21. The van der Waals surface area contributed by atoms with Crippen molar-refractivity contribution in [3.63, 3.8) is 0 Å². The Kier molecular flexibility index (Phi) is 4.37. The molecular weight excluding hydrogens is 308 g/mol. The van der Waals surface area contributed by atoms with Gasteiger partial charge in [0.2, 0.25) is 5.91 Å². The second-order valence-corrected chi connectivity index (χ2v) is 6.43. The molecule has 2 aromatic heterocycles. The van der Waals surface area contributed by atoms with Crippen molar-refractivity contribution in [2.24, 2.45) is 11.7 Å². The van der Waals surface area contributed by atoms with Crippen molar-refractivity contribution in [3.8, 4) is 0 Å². The summed E-state index contributed by atoms with van der Waals surface area (Å²) in [5.74, 6) is -0.362. The molecule has 0 saturated carbocycles. The first-order chi connectivity index (χ1) is 11.5. The van der Waals surface area contributed by atoms with Gasteiger partial charge in [0.1, 0.15) is 0 Å². The van der Waals surface area contributed by atoms with Gasteiger partial charge >= 0.3 is 6.03 Å². The fourth-order valence-corrected chi connectivity index (χ4v) is 3.02. The van der Waals surface area contributed by atoms with Gasteiger partial charge in [-0.05, 0) is 32.8 Å². The Labute approximate surface area is 140 Å². The van der Waals surface area contributed by atoms with Crippen LogP contribution in [0, 0.1) is 5.92 Å².